The lowest BCUT2D eigenvalue weighted by Gasteiger charge is -2.26. The first kappa shape index (κ1) is 20.8. The molecule has 144 valence electrons. The number of likely N-dealkylation sites (N-methyl/N-ethyl adjacent to an activating group) is 1. The van der Waals surface area contributed by atoms with Crippen LogP contribution in [-0.2, 0) is 11.0 Å². The molecule has 4 nitrogen and oxygen atoms in total. The van der Waals surface area contributed by atoms with E-state index in [-0.39, 0.29) is 4.90 Å². The van der Waals surface area contributed by atoms with E-state index in [9.17, 15) is 22.8 Å². The summed E-state index contributed by atoms with van der Waals surface area (Å²) in [6, 6.07) is 12.3. The summed E-state index contributed by atoms with van der Waals surface area (Å²) in [6.07, 6.45) is -4.71. The first-order valence-corrected chi connectivity index (χ1v) is 8.85. The summed E-state index contributed by atoms with van der Waals surface area (Å²) in [5, 5.41) is 4.78. The number of hydrogen-bond acceptors (Lipinski definition) is 3. The molecular weight excluding hydrogens is 377 g/mol. The van der Waals surface area contributed by atoms with Gasteiger partial charge in [0, 0.05) is 16.8 Å². The van der Waals surface area contributed by atoms with Crippen LogP contribution in [0.1, 0.15) is 29.8 Å². The number of halogens is 3. The van der Waals surface area contributed by atoms with E-state index in [1.807, 2.05) is 0 Å². The Morgan fingerprint density at radius 3 is 2.15 bits per heavy atom. The SMILES string of the molecule is CNC(=O)C(C)(C)NC(=O)c1c(Sc2ccccc2)cccc1C(F)(F)F. The van der Waals surface area contributed by atoms with Crippen molar-refractivity contribution in [1.29, 1.82) is 0 Å². The summed E-state index contributed by atoms with van der Waals surface area (Å²) in [6.45, 7) is 2.84. The number of nitrogens with one attached hydrogen (secondary N) is 2. The molecule has 27 heavy (non-hydrogen) atoms. The standard InChI is InChI=1S/C19H19F3N2O2S/c1-18(2,17(26)23-3)24-16(25)15-13(19(20,21)22)10-7-11-14(15)27-12-8-5-4-6-9-12/h4-11H,1-3H3,(H,23,26)(H,24,25). The van der Waals surface area contributed by atoms with Gasteiger partial charge in [0.25, 0.3) is 5.91 Å². The zero-order valence-corrected chi connectivity index (χ0v) is 15.8. The van der Waals surface area contributed by atoms with E-state index in [0.717, 1.165) is 17.8 Å². The van der Waals surface area contributed by atoms with Gasteiger partial charge in [0.1, 0.15) is 5.54 Å². The van der Waals surface area contributed by atoms with Crippen molar-refractivity contribution < 1.29 is 22.8 Å². The molecule has 0 aromatic heterocycles. The Labute approximate surface area is 159 Å². The molecule has 0 aliphatic rings. The molecule has 2 N–H and O–H groups in total. The van der Waals surface area contributed by atoms with Gasteiger partial charge in [-0.1, -0.05) is 36.0 Å². The Balaban J connectivity index is 2.51. The molecule has 0 aliphatic heterocycles. The Morgan fingerprint density at radius 1 is 0.963 bits per heavy atom. The molecule has 0 unspecified atom stereocenters. The number of benzene rings is 2. The third-order valence-electron chi connectivity index (χ3n) is 3.75. The van der Waals surface area contributed by atoms with Gasteiger partial charge in [-0.3, -0.25) is 9.59 Å². The van der Waals surface area contributed by atoms with Crippen LogP contribution in [0.25, 0.3) is 0 Å². The van der Waals surface area contributed by atoms with E-state index >= 15 is 0 Å². The Morgan fingerprint density at radius 2 is 1.59 bits per heavy atom. The molecule has 0 radical (unpaired) electrons. The minimum absolute atomic E-state index is 0.154. The van der Waals surface area contributed by atoms with Crippen molar-refractivity contribution >= 4 is 23.6 Å². The molecule has 2 aromatic rings. The molecule has 2 rings (SSSR count). The fraction of sp³-hybridized carbons (Fsp3) is 0.263. The lowest BCUT2D eigenvalue weighted by atomic mass is 10.0. The van der Waals surface area contributed by atoms with E-state index in [1.165, 1.54) is 33.0 Å². The molecule has 0 saturated carbocycles. The van der Waals surface area contributed by atoms with Gasteiger partial charge < -0.3 is 10.6 Å². The van der Waals surface area contributed by atoms with Crippen molar-refractivity contribution in [2.75, 3.05) is 7.05 Å². The van der Waals surface area contributed by atoms with Crippen LogP contribution >= 0.6 is 11.8 Å². The number of alkyl halides is 3. The largest absolute Gasteiger partial charge is 0.417 e. The normalized spacial score (nSPS) is 11.8. The Kier molecular flexibility index (Phi) is 6.20. The van der Waals surface area contributed by atoms with Gasteiger partial charge in [0.15, 0.2) is 0 Å². The van der Waals surface area contributed by atoms with Crippen LogP contribution in [0.15, 0.2) is 58.3 Å². The first-order chi connectivity index (χ1) is 12.6. The maximum absolute atomic E-state index is 13.5. The van der Waals surface area contributed by atoms with Crippen molar-refractivity contribution in [3.63, 3.8) is 0 Å². The fourth-order valence-corrected chi connectivity index (χ4v) is 3.42. The quantitative estimate of drug-likeness (QED) is 0.800. The number of rotatable bonds is 5. The summed E-state index contributed by atoms with van der Waals surface area (Å²) >= 11 is 1.05. The van der Waals surface area contributed by atoms with E-state index in [0.29, 0.717) is 4.90 Å². The summed E-state index contributed by atoms with van der Waals surface area (Å²) in [7, 11) is 1.39. The second-order valence-corrected chi connectivity index (χ2v) is 7.37. The average Bonchev–Trinajstić information content (AvgIpc) is 2.60. The number of carbonyl (C=O) groups is 2. The van der Waals surface area contributed by atoms with Gasteiger partial charge in [0.2, 0.25) is 5.91 Å². The molecule has 2 amide bonds. The van der Waals surface area contributed by atoms with Crippen LogP contribution in [0.3, 0.4) is 0 Å². The molecule has 0 spiro atoms. The van der Waals surface area contributed by atoms with Crippen LogP contribution in [0, 0.1) is 0 Å². The molecule has 0 fully saturated rings. The van der Waals surface area contributed by atoms with Gasteiger partial charge in [-0.25, -0.2) is 0 Å². The lowest BCUT2D eigenvalue weighted by Crippen LogP contribution is -2.54. The minimum Gasteiger partial charge on any atom is -0.357 e. The number of hydrogen-bond donors (Lipinski definition) is 2. The third kappa shape index (κ3) is 5.03. The number of amides is 2. The molecule has 0 bridgehead atoms. The minimum atomic E-state index is -4.71. The summed E-state index contributed by atoms with van der Waals surface area (Å²) in [5.74, 6) is -1.48. The molecule has 8 heteroatoms. The topological polar surface area (TPSA) is 58.2 Å². The second kappa shape index (κ2) is 8.04. The zero-order chi connectivity index (χ0) is 20.2. The van der Waals surface area contributed by atoms with Gasteiger partial charge in [-0.15, -0.1) is 0 Å². The van der Waals surface area contributed by atoms with Crippen LogP contribution in [-0.4, -0.2) is 24.4 Å². The van der Waals surface area contributed by atoms with E-state index in [1.54, 1.807) is 30.3 Å². The lowest BCUT2D eigenvalue weighted by molar-refractivity contribution is -0.138. The highest BCUT2D eigenvalue weighted by atomic mass is 32.2. The summed E-state index contributed by atoms with van der Waals surface area (Å²) < 4.78 is 40.5. The molecule has 0 atom stereocenters. The molecular formula is C19H19F3N2O2S. The molecule has 0 aliphatic carbocycles. The van der Waals surface area contributed by atoms with Gasteiger partial charge in [-0.2, -0.15) is 13.2 Å². The molecule has 0 heterocycles. The zero-order valence-electron chi connectivity index (χ0n) is 15.0. The van der Waals surface area contributed by atoms with Crippen molar-refractivity contribution in [3.8, 4) is 0 Å². The second-order valence-electron chi connectivity index (χ2n) is 6.25. The highest BCUT2D eigenvalue weighted by Crippen LogP contribution is 2.38. The molecule has 0 saturated heterocycles. The van der Waals surface area contributed by atoms with Crippen LogP contribution in [0.4, 0.5) is 13.2 Å². The average molecular weight is 396 g/mol. The van der Waals surface area contributed by atoms with Crippen molar-refractivity contribution in [2.24, 2.45) is 0 Å². The van der Waals surface area contributed by atoms with Crippen LogP contribution in [0.5, 0.6) is 0 Å². The van der Waals surface area contributed by atoms with Crippen molar-refractivity contribution in [3.05, 3.63) is 59.7 Å². The van der Waals surface area contributed by atoms with E-state index < -0.39 is 34.7 Å². The fourth-order valence-electron chi connectivity index (χ4n) is 2.42. The van der Waals surface area contributed by atoms with E-state index in [2.05, 4.69) is 10.6 Å². The third-order valence-corrected chi connectivity index (χ3v) is 4.82. The predicted molar refractivity (Wildman–Crippen MR) is 97.6 cm³/mol. The first-order valence-electron chi connectivity index (χ1n) is 8.04. The predicted octanol–water partition coefficient (Wildman–Crippen LogP) is 4.11. The van der Waals surface area contributed by atoms with E-state index in [4.69, 9.17) is 0 Å². The highest BCUT2D eigenvalue weighted by Gasteiger charge is 2.38. The Bertz CT molecular complexity index is 837. The Hall–Kier alpha value is -2.48. The molecule has 2 aromatic carbocycles. The van der Waals surface area contributed by atoms with Crippen molar-refractivity contribution in [2.45, 2.75) is 35.4 Å². The van der Waals surface area contributed by atoms with Crippen LogP contribution in [0.2, 0.25) is 0 Å². The summed E-state index contributed by atoms with van der Waals surface area (Å²) in [5.41, 5.74) is -2.93. The summed E-state index contributed by atoms with van der Waals surface area (Å²) in [4.78, 5) is 25.5. The van der Waals surface area contributed by atoms with Crippen molar-refractivity contribution in [1.82, 2.24) is 10.6 Å². The maximum Gasteiger partial charge on any atom is 0.417 e. The van der Waals surface area contributed by atoms with Gasteiger partial charge in [0.05, 0.1) is 11.1 Å². The number of carbonyl (C=O) groups excluding carboxylic acids is 2. The maximum atomic E-state index is 13.5. The van der Waals surface area contributed by atoms with Crippen LogP contribution < -0.4 is 10.6 Å². The monoisotopic (exact) mass is 396 g/mol. The highest BCUT2D eigenvalue weighted by molar-refractivity contribution is 7.99. The van der Waals surface area contributed by atoms with Gasteiger partial charge >= 0.3 is 6.18 Å². The van der Waals surface area contributed by atoms with Gasteiger partial charge in [-0.05, 0) is 38.1 Å². The smallest absolute Gasteiger partial charge is 0.357 e.